The highest BCUT2D eigenvalue weighted by molar-refractivity contribution is 6.02. The lowest BCUT2D eigenvalue weighted by atomic mass is 10.1. The first kappa shape index (κ1) is 16.8. The number of esters is 1. The van der Waals surface area contributed by atoms with Crippen LogP contribution in [-0.4, -0.2) is 29.4 Å². The number of carbonyl (C=O) groups excluding carboxylic acids is 2. The number of hydrogen-bond acceptors (Lipinski definition) is 4. The van der Waals surface area contributed by atoms with Crippen LogP contribution in [0.4, 0.5) is 0 Å². The van der Waals surface area contributed by atoms with E-state index >= 15 is 0 Å². The maximum atomic E-state index is 12.4. The van der Waals surface area contributed by atoms with E-state index < -0.39 is 12.1 Å². The quantitative estimate of drug-likeness (QED) is 0.545. The van der Waals surface area contributed by atoms with Gasteiger partial charge in [-0.3, -0.25) is 4.79 Å². The molecular weight excluding hydrogens is 318 g/mol. The molecule has 0 radical (unpaired) electrons. The summed E-state index contributed by atoms with van der Waals surface area (Å²) in [5.41, 5.74) is 1.65. The number of fused-ring (bicyclic) bond motifs is 1. The smallest absolute Gasteiger partial charge is 0.355 e. The number of aromatic amines is 1. The maximum Gasteiger partial charge on any atom is 0.355 e. The molecule has 0 aliphatic heterocycles. The number of H-pyrrole nitrogens is 1. The molecule has 3 aromatic rings. The highest BCUT2D eigenvalue weighted by atomic mass is 16.5. The molecule has 0 aliphatic rings. The molecule has 5 nitrogen and oxygen atoms in total. The van der Waals surface area contributed by atoms with Crippen LogP contribution in [0.5, 0.6) is 5.75 Å². The van der Waals surface area contributed by atoms with E-state index in [9.17, 15) is 9.59 Å². The molecular formula is C20H19NO4. The summed E-state index contributed by atoms with van der Waals surface area (Å²) < 4.78 is 10.7. The number of ketones is 1. The third kappa shape index (κ3) is 3.71. The number of nitrogens with one attached hydrogen (secondary N) is 1. The van der Waals surface area contributed by atoms with Gasteiger partial charge in [0, 0.05) is 16.5 Å². The van der Waals surface area contributed by atoms with Crippen molar-refractivity contribution in [3.05, 3.63) is 65.9 Å². The van der Waals surface area contributed by atoms with E-state index in [2.05, 4.69) is 4.98 Å². The Morgan fingerprint density at radius 1 is 1.08 bits per heavy atom. The SMILES string of the molecule is CCOc1ccc(C(=O)[C@@H](C)OC(=O)c2cc3ccccc3[nH]2)cc1. The predicted molar refractivity (Wildman–Crippen MR) is 95.1 cm³/mol. The Hall–Kier alpha value is -3.08. The summed E-state index contributed by atoms with van der Waals surface area (Å²) in [6.07, 6.45) is -0.878. The number of aromatic nitrogens is 1. The molecule has 0 saturated heterocycles. The molecule has 2 aromatic carbocycles. The summed E-state index contributed by atoms with van der Waals surface area (Å²) in [5, 5.41) is 0.917. The van der Waals surface area contributed by atoms with E-state index in [1.807, 2.05) is 31.2 Å². The van der Waals surface area contributed by atoms with Crippen molar-refractivity contribution in [1.29, 1.82) is 0 Å². The van der Waals surface area contributed by atoms with Crippen LogP contribution in [0.2, 0.25) is 0 Å². The van der Waals surface area contributed by atoms with Gasteiger partial charge in [0.05, 0.1) is 6.61 Å². The Kier molecular flexibility index (Phi) is 4.84. The first-order chi connectivity index (χ1) is 12.1. The van der Waals surface area contributed by atoms with Crippen LogP contribution in [0.1, 0.15) is 34.7 Å². The minimum Gasteiger partial charge on any atom is -0.494 e. The van der Waals surface area contributed by atoms with Crippen molar-refractivity contribution in [3.63, 3.8) is 0 Å². The number of Topliss-reactive ketones (excluding diaryl/α,β-unsaturated/α-hetero) is 1. The lowest BCUT2D eigenvalue weighted by molar-refractivity contribution is 0.0314. The Bertz CT molecular complexity index is 862. The van der Waals surface area contributed by atoms with Crippen molar-refractivity contribution >= 4 is 22.7 Å². The molecule has 0 aliphatic carbocycles. The second-order valence-electron chi connectivity index (χ2n) is 5.64. The van der Waals surface area contributed by atoms with Crippen LogP contribution in [0, 0.1) is 0 Å². The van der Waals surface area contributed by atoms with Crippen LogP contribution < -0.4 is 4.74 Å². The zero-order valence-corrected chi connectivity index (χ0v) is 14.1. The van der Waals surface area contributed by atoms with E-state index in [1.54, 1.807) is 37.3 Å². The van der Waals surface area contributed by atoms with Crippen LogP contribution in [-0.2, 0) is 4.74 Å². The number of para-hydroxylation sites is 1. The minimum atomic E-state index is -0.878. The molecule has 1 N–H and O–H groups in total. The highest BCUT2D eigenvalue weighted by Gasteiger charge is 2.21. The number of carbonyl (C=O) groups is 2. The molecule has 1 heterocycles. The van der Waals surface area contributed by atoms with Gasteiger partial charge >= 0.3 is 5.97 Å². The molecule has 0 bridgehead atoms. The van der Waals surface area contributed by atoms with E-state index in [0.29, 0.717) is 23.6 Å². The van der Waals surface area contributed by atoms with Crippen molar-refractivity contribution < 1.29 is 19.1 Å². The second kappa shape index (κ2) is 7.21. The Balaban J connectivity index is 1.68. The molecule has 1 aromatic heterocycles. The van der Waals surface area contributed by atoms with Crippen LogP contribution in [0.25, 0.3) is 10.9 Å². The standard InChI is InChI=1S/C20H19NO4/c1-3-24-16-10-8-14(9-11-16)19(22)13(2)25-20(23)18-12-15-6-4-5-7-17(15)21-18/h4-13,21H,3H2,1-2H3/t13-/m1/s1. The van der Waals surface area contributed by atoms with Gasteiger partial charge in [-0.25, -0.2) is 4.79 Å². The van der Waals surface area contributed by atoms with Gasteiger partial charge in [0.1, 0.15) is 11.4 Å². The van der Waals surface area contributed by atoms with Crippen molar-refractivity contribution in [2.45, 2.75) is 20.0 Å². The molecule has 0 spiro atoms. The maximum absolute atomic E-state index is 12.4. The molecule has 5 heteroatoms. The molecule has 3 rings (SSSR count). The average molecular weight is 337 g/mol. The fourth-order valence-electron chi connectivity index (χ4n) is 2.58. The first-order valence-corrected chi connectivity index (χ1v) is 8.14. The van der Waals surface area contributed by atoms with Crippen molar-refractivity contribution in [2.75, 3.05) is 6.61 Å². The number of benzene rings is 2. The minimum absolute atomic E-state index is 0.257. The predicted octanol–water partition coefficient (Wildman–Crippen LogP) is 3.99. The van der Waals surface area contributed by atoms with Gasteiger partial charge in [-0.1, -0.05) is 18.2 Å². The van der Waals surface area contributed by atoms with Crippen molar-refractivity contribution in [1.82, 2.24) is 4.98 Å². The molecule has 1 atom stereocenters. The Morgan fingerprint density at radius 3 is 2.48 bits per heavy atom. The first-order valence-electron chi connectivity index (χ1n) is 8.14. The van der Waals surface area contributed by atoms with Gasteiger partial charge in [-0.2, -0.15) is 0 Å². The average Bonchev–Trinajstić information content (AvgIpc) is 3.06. The molecule has 0 fully saturated rings. The summed E-state index contributed by atoms with van der Waals surface area (Å²) in [6, 6.07) is 16.0. The van der Waals surface area contributed by atoms with Crippen molar-refractivity contribution in [2.24, 2.45) is 0 Å². The normalized spacial score (nSPS) is 11.9. The number of rotatable bonds is 6. The molecule has 0 amide bonds. The third-order valence-electron chi connectivity index (χ3n) is 3.85. The van der Waals surface area contributed by atoms with Crippen LogP contribution in [0.3, 0.4) is 0 Å². The van der Waals surface area contributed by atoms with Crippen LogP contribution in [0.15, 0.2) is 54.6 Å². The molecule has 0 unspecified atom stereocenters. The van der Waals surface area contributed by atoms with E-state index in [-0.39, 0.29) is 5.78 Å². The lowest BCUT2D eigenvalue weighted by Gasteiger charge is -2.12. The van der Waals surface area contributed by atoms with Gasteiger partial charge in [0.15, 0.2) is 6.10 Å². The van der Waals surface area contributed by atoms with E-state index in [1.165, 1.54) is 0 Å². The van der Waals surface area contributed by atoms with Gasteiger partial charge in [-0.05, 0) is 50.2 Å². The zero-order valence-electron chi connectivity index (χ0n) is 14.1. The van der Waals surface area contributed by atoms with Gasteiger partial charge in [0.2, 0.25) is 5.78 Å². The zero-order chi connectivity index (χ0) is 17.8. The summed E-state index contributed by atoms with van der Waals surface area (Å²) in [6.45, 7) is 4.02. The van der Waals surface area contributed by atoms with Gasteiger partial charge in [-0.15, -0.1) is 0 Å². The van der Waals surface area contributed by atoms with Crippen LogP contribution >= 0.6 is 0 Å². The topological polar surface area (TPSA) is 68.4 Å². The fraction of sp³-hybridized carbons (Fsp3) is 0.200. The largest absolute Gasteiger partial charge is 0.494 e. The summed E-state index contributed by atoms with van der Waals surface area (Å²) >= 11 is 0. The third-order valence-corrected chi connectivity index (χ3v) is 3.85. The highest BCUT2D eigenvalue weighted by Crippen LogP contribution is 2.17. The second-order valence-corrected chi connectivity index (χ2v) is 5.64. The summed E-state index contributed by atoms with van der Waals surface area (Å²) in [7, 11) is 0. The van der Waals surface area contributed by atoms with E-state index in [4.69, 9.17) is 9.47 Å². The Labute approximate surface area is 145 Å². The number of hydrogen-bond donors (Lipinski definition) is 1. The molecule has 128 valence electrons. The molecule has 0 saturated carbocycles. The van der Waals surface area contributed by atoms with E-state index in [0.717, 1.165) is 10.9 Å². The fourth-order valence-corrected chi connectivity index (χ4v) is 2.58. The summed E-state index contributed by atoms with van der Waals surface area (Å²) in [5.74, 6) is -0.114. The van der Waals surface area contributed by atoms with Gasteiger partial charge < -0.3 is 14.5 Å². The number of ether oxygens (including phenoxy) is 2. The lowest BCUT2D eigenvalue weighted by Crippen LogP contribution is -2.24. The molecule has 25 heavy (non-hydrogen) atoms. The summed E-state index contributed by atoms with van der Waals surface area (Å²) in [4.78, 5) is 27.7. The monoisotopic (exact) mass is 337 g/mol. The van der Waals surface area contributed by atoms with Gasteiger partial charge in [0.25, 0.3) is 0 Å². The Morgan fingerprint density at radius 2 is 1.80 bits per heavy atom. The van der Waals surface area contributed by atoms with Crippen molar-refractivity contribution in [3.8, 4) is 5.75 Å².